The highest BCUT2D eigenvalue weighted by Crippen LogP contribution is 2.23. The maximum atomic E-state index is 12.2. The summed E-state index contributed by atoms with van der Waals surface area (Å²) < 4.78 is 34.5. The summed E-state index contributed by atoms with van der Waals surface area (Å²) in [5.74, 6) is -0.450. The van der Waals surface area contributed by atoms with E-state index in [9.17, 15) is 13.2 Å². The van der Waals surface area contributed by atoms with Gasteiger partial charge >= 0.3 is 16.1 Å². The fraction of sp³-hybridized carbons (Fsp3) is 0.500. The third-order valence-electron chi connectivity index (χ3n) is 3.27. The molecule has 0 aromatic heterocycles. The Kier molecular flexibility index (Phi) is 4.97. The number of rotatable bonds is 5. The van der Waals surface area contributed by atoms with Crippen molar-refractivity contribution in [2.45, 2.75) is 37.6 Å². The topological polar surface area (TPSA) is 72.9 Å². The van der Waals surface area contributed by atoms with Gasteiger partial charge in [-0.05, 0) is 38.8 Å². The Bertz CT molecular complexity index is 596. The Hall–Kier alpha value is -1.44. The Morgan fingerprint density at radius 2 is 2.00 bits per heavy atom. The van der Waals surface area contributed by atoms with E-state index >= 15 is 0 Å². The van der Waals surface area contributed by atoms with Crippen molar-refractivity contribution >= 4 is 16.1 Å². The lowest BCUT2D eigenvalue weighted by molar-refractivity contribution is -0.160. The summed E-state index contributed by atoms with van der Waals surface area (Å²) >= 11 is 0. The molecule has 0 bridgehead atoms. The van der Waals surface area contributed by atoms with Gasteiger partial charge in [0.15, 0.2) is 0 Å². The predicted octanol–water partition coefficient (Wildman–Crippen LogP) is 1.64. The van der Waals surface area contributed by atoms with Crippen LogP contribution in [-0.4, -0.2) is 38.6 Å². The first-order valence-electron chi connectivity index (χ1n) is 6.88. The van der Waals surface area contributed by atoms with Gasteiger partial charge in [0, 0.05) is 6.54 Å². The molecule has 0 radical (unpaired) electrons. The Morgan fingerprint density at radius 1 is 1.33 bits per heavy atom. The molecule has 1 fully saturated rings. The molecule has 0 amide bonds. The molecular weight excluding hydrogens is 294 g/mol. The minimum Gasteiger partial charge on any atom is -0.465 e. The number of aryl methyl sites for hydroxylation is 1. The van der Waals surface area contributed by atoms with Crippen molar-refractivity contribution in [2.24, 2.45) is 0 Å². The van der Waals surface area contributed by atoms with E-state index in [1.54, 1.807) is 19.1 Å². The maximum absolute atomic E-state index is 12.2. The van der Waals surface area contributed by atoms with E-state index in [1.807, 2.05) is 6.92 Å². The van der Waals surface area contributed by atoms with Crippen LogP contribution in [0, 0.1) is 6.92 Å². The summed E-state index contributed by atoms with van der Waals surface area (Å²) in [4.78, 5) is 11.9. The predicted molar refractivity (Wildman–Crippen MR) is 75.8 cm³/mol. The van der Waals surface area contributed by atoms with Gasteiger partial charge in [-0.3, -0.25) is 4.79 Å². The van der Waals surface area contributed by atoms with E-state index in [0.29, 0.717) is 19.4 Å². The highest BCUT2D eigenvalue weighted by atomic mass is 32.2. The molecule has 0 aliphatic carbocycles. The third kappa shape index (κ3) is 3.81. The van der Waals surface area contributed by atoms with Gasteiger partial charge in [-0.1, -0.05) is 17.7 Å². The van der Waals surface area contributed by atoms with Gasteiger partial charge in [-0.15, -0.1) is 0 Å². The van der Waals surface area contributed by atoms with Crippen LogP contribution in [0.5, 0.6) is 0 Å². The van der Waals surface area contributed by atoms with Crippen LogP contribution in [0.3, 0.4) is 0 Å². The highest BCUT2D eigenvalue weighted by Gasteiger charge is 2.36. The fourth-order valence-electron chi connectivity index (χ4n) is 2.18. The maximum Gasteiger partial charge on any atom is 0.325 e. The summed E-state index contributed by atoms with van der Waals surface area (Å²) in [6.07, 6.45) is 1.22. The molecular formula is C14H19NO5S. The van der Waals surface area contributed by atoms with Crippen LogP contribution in [0.4, 0.5) is 0 Å². The first-order chi connectivity index (χ1) is 9.94. The molecule has 0 spiro atoms. The quantitative estimate of drug-likeness (QED) is 0.770. The number of nitrogens with zero attached hydrogens (tertiary/aromatic N) is 1. The zero-order chi connectivity index (χ0) is 15.5. The number of hydroxylamine groups is 2. The normalized spacial score (nSPS) is 19.6. The SMILES string of the molecule is CCOC(=O)[C@H]1CCCN1OS(=O)(=O)c1ccc(C)cc1. The molecule has 21 heavy (non-hydrogen) atoms. The average molecular weight is 313 g/mol. The van der Waals surface area contributed by atoms with Crippen LogP contribution in [-0.2, 0) is 23.9 Å². The van der Waals surface area contributed by atoms with Crippen LogP contribution < -0.4 is 0 Å². The molecule has 1 aliphatic heterocycles. The molecule has 116 valence electrons. The van der Waals surface area contributed by atoms with Gasteiger partial charge in [-0.25, -0.2) is 0 Å². The zero-order valence-electron chi connectivity index (χ0n) is 12.1. The average Bonchev–Trinajstić information content (AvgIpc) is 2.87. The van der Waals surface area contributed by atoms with Crippen molar-refractivity contribution in [3.63, 3.8) is 0 Å². The second-order valence-electron chi connectivity index (χ2n) is 4.89. The molecule has 1 atom stereocenters. The Morgan fingerprint density at radius 3 is 2.62 bits per heavy atom. The van der Waals surface area contributed by atoms with Gasteiger partial charge < -0.3 is 4.74 Å². The number of ether oxygens (including phenoxy) is 1. The van der Waals surface area contributed by atoms with Gasteiger partial charge in [-0.2, -0.15) is 17.8 Å². The lowest BCUT2D eigenvalue weighted by Gasteiger charge is -2.21. The zero-order valence-corrected chi connectivity index (χ0v) is 12.9. The second kappa shape index (κ2) is 6.55. The first-order valence-corrected chi connectivity index (χ1v) is 8.29. The molecule has 0 saturated carbocycles. The smallest absolute Gasteiger partial charge is 0.325 e. The first kappa shape index (κ1) is 15.9. The van der Waals surface area contributed by atoms with E-state index in [-0.39, 0.29) is 11.5 Å². The minimum atomic E-state index is -3.92. The molecule has 1 aromatic rings. The van der Waals surface area contributed by atoms with E-state index in [2.05, 4.69) is 0 Å². The number of hydrogen-bond acceptors (Lipinski definition) is 6. The molecule has 1 heterocycles. The van der Waals surface area contributed by atoms with Crippen molar-refractivity contribution < 1.29 is 22.2 Å². The van der Waals surface area contributed by atoms with E-state index in [0.717, 1.165) is 5.56 Å². The summed E-state index contributed by atoms with van der Waals surface area (Å²) in [6.45, 7) is 4.22. The van der Waals surface area contributed by atoms with Gasteiger partial charge in [0.05, 0.1) is 11.5 Å². The second-order valence-corrected chi connectivity index (χ2v) is 6.42. The van der Waals surface area contributed by atoms with Crippen LogP contribution in [0.25, 0.3) is 0 Å². The molecule has 1 saturated heterocycles. The summed E-state index contributed by atoms with van der Waals surface area (Å²) in [7, 11) is -3.92. The number of carbonyl (C=O) groups excluding carboxylic acids is 1. The third-order valence-corrected chi connectivity index (χ3v) is 4.50. The summed E-state index contributed by atoms with van der Waals surface area (Å²) in [5.41, 5.74) is 0.958. The van der Waals surface area contributed by atoms with Crippen LogP contribution in [0.1, 0.15) is 25.3 Å². The van der Waals surface area contributed by atoms with Crippen LogP contribution in [0.15, 0.2) is 29.2 Å². The number of hydrogen-bond donors (Lipinski definition) is 0. The summed E-state index contributed by atoms with van der Waals surface area (Å²) in [6, 6.07) is 5.71. The lowest BCUT2D eigenvalue weighted by atomic mass is 10.2. The molecule has 1 aliphatic rings. The van der Waals surface area contributed by atoms with Gasteiger partial charge in [0.1, 0.15) is 6.04 Å². The van der Waals surface area contributed by atoms with Crippen LogP contribution in [0.2, 0.25) is 0 Å². The van der Waals surface area contributed by atoms with Crippen molar-refractivity contribution in [3.05, 3.63) is 29.8 Å². The minimum absolute atomic E-state index is 0.0719. The van der Waals surface area contributed by atoms with Crippen molar-refractivity contribution in [3.8, 4) is 0 Å². The van der Waals surface area contributed by atoms with Gasteiger partial charge in [0.2, 0.25) is 0 Å². The largest absolute Gasteiger partial charge is 0.465 e. The fourth-order valence-corrected chi connectivity index (χ4v) is 3.16. The number of esters is 1. The Balaban J connectivity index is 2.12. The summed E-state index contributed by atoms with van der Waals surface area (Å²) in [5, 5.41) is 1.20. The molecule has 7 heteroatoms. The molecule has 1 aromatic carbocycles. The van der Waals surface area contributed by atoms with E-state index in [1.165, 1.54) is 17.2 Å². The monoisotopic (exact) mass is 313 g/mol. The van der Waals surface area contributed by atoms with Gasteiger partial charge in [0.25, 0.3) is 0 Å². The van der Waals surface area contributed by atoms with E-state index < -0.39 is 22.1 Å². The van der Waals surface area contributed by atoms with Crippen molar-refractivity contribution in [2.75, 3.05) is 13.2 Å². The Labute approximate surface area is 124 Å². The lowest BCUT2D eigenvalue weighted by Crippen LogP contribution is -2.38. The number of benzene rings is 1. The molecule has 0 N–H and O–H groups in total. The standard InChI is InChI=1S/C14H19NO5S/c1-3-19-14(16)13-5-4-10-15(13)20-21(17,18)12-8-6-11(2)7-9-12/h6-9,13H,3-5,10H2,1-2H3/t13-/m1/s1. The van der Waals surface area contributed by atoms with Crippen molar-refractivity contribution in [1.82, 2.24) is 5.06 Å². The van der Waals surface area contributed by atoms with Crippen LogP contribution >= 0.6 is 0 Å². The van der Waals surface area contributed by atoms with Crippen molar-refractivity contribution in [1.29, 1.82) is 0 Å². The molecule has 2 rings (SSSR count). The highest BCUT2D eigenvalue weighted by molar-refractivity contribution is 7.86. The molecule has 6 nitrogen and oxygen atoms in total. The molecule has 0 unspecified atom stereocenters. The van der Waals surface area contributed by atoms with E-state index in [4.69, 9.17) is 9.02 Å². The number of carbonyl (C=O) groups is 1.